The van der Waals surface area contributed by atoms with Gasteiger partial charge in [-0.15, -0.1) is 11.3 Å². The maximum atomic E-state index is 9.56. The average Bonchev–Trinajstić information content (AvgIpc) is 2.99. The molecule has 1 aliphatic heterocycles. The molecule has 0 amide bonds. The summed E-state index contributed by atoms with van der Waals surface area (Å²) in [6.07, 6.45) is 6.11. The van der Waals surface area contributed by atoms with E-state index in [9.17, 15) is 5.11 Å². The van der Waals surface area contributed by atoms with Crippen molar-refractivity contribution in [1.29, 1.82) is 0 Å². The second-order valence-electron chi connectivity index (χ2n) is 5.81. The molecule has 1 N–H and O–H groups in total. The Bertz CT molecular complexity index is 556. The van der Waals surface area contributed by atoms with Crippen molar-refractivity contribution in [3.8, 4) is 5.75 Å². The highest BCUT2D eigenvalue weighted by Crippen LogP contribution is 2.24. The van der Waals surface area contributed by atoms with Crippen LogP contribution in [0.4, 0.5) is 0 Å². The van der Waals surface area contributed by atoms with Gasteiger partial charge in [0.15, 0.2) is 0 Å². The summed E-state index contributed by atoms with van der Waals surface area (Å²) in [6, 6.07) is 8.29. The molecular formula is C17H22N2OS. The van der Waals surface area contributed by atoms with Gasteiger partial charge in [-0.25, -0.2) is 4.98 Å². The van der Waals surface area contributed by atoms with E-state index in [2.05, 4.69) is 21.3 Å². The van der Waals surface area contributed by atoms with Crippen LogP contribution in [0, 0.1) is 0 Å². The van der Waals surface area contributed by atoms with Gasteiger partial charge in [0.05, 0.1) is 11.2 Å². The molecule has 3 nitrogen and oxygen atoms in total. The fourth-order valence-corrected chi connectivity index (χ4v) is 3.71. The predicted octanol–water partition coefficient (Wildman–Crippen LogP) is 3.84. The molecule has 1 aliphatic rings. The normalized spacial score (nSPS) is 19.7. The Kier molecular flexibility index (Phi) is 4.88. The Balaban J connectivity index is 1.59. The van der Waals surface area contributed by atoms with E-state index < -0.39 is 0 Å². The lowest BCUT2D eigenvalue weighted by Gasteiger charge is -2.35. The van der Waals surface area contributed by atoms with Gasteiger partial charge in [-0.1, -0.05) is 18.6 Å². The van der Waals surface area contributed by atoms with Crippen molar-refractivity contribution < 1.29 is 5.11 Å². The molecule has 2 heterocycles. The monoisotopic (exact) mass is 302 g/mol. The molecule has 0 spiro atoms. The van der Waals surface area contributed by atoms with Crippen LogP contribution in [0.1, 0.15) is 36.9 Å². The third-order valence-corrected chi connectivity index (χ3v) is 4.91. The number of rotatable bonds is 5. The number of piperidine rings is 1. The summed E-state index contributed by atoms with van der Waals surface area (Å²) in [7, 11) is 0. The van der Waals surface area contributed by atoms with Crippen molar-refractivity contribution in [2.75, 3.05) is 6.54 Å². The molecular weight excluding hydrogens is 280 g/mol. The fourth-order valence-electron chi connectivity index (χ4n) is 3.16. The van der Waals surface area contributed by atoms with E-state index in [0.717, 1.165) is 19.4 Å². The van der Waals surface area contributed by atoms with Gasteiger partial charge in [0.2, 0.25) is 0 Å². The lowest BCUT2D eigenvalue weighted by molar-refractivity contribution is 0.131. The maximum Gasteiger partial charge on any atom is 0.115 e. The van der Waals surface area contributed by atoms with Gasteiger partial charge < -0.3 is 5.11 Å². The van der Waals surface area contributed by atoms with Crippen LogP contribution in [-0.2, 0) is 13.0 Å². The van der Waals surface area contributed by atoms with Gasteiger partial charge in [-0.05, 0) is 49.9 Å². The van der Waals surface area contributed by atoms with Crippen LogP contribution in [0.25, 0.3) is 0 Å². The Morgan fingerprint density at radius 2 is 2.29 bits per heavy atom. The third-order valence-electron chi connectivity index (χ3n) is 4.27. The molecule has 0 unspecified atom stereocenters. The zero-order valence-corrected chi connectivity index (χ0v) is 13.1. The van der Waals surface area contributed by atoms with E-state index >= 15 is 0 Å². The van der Waals surface area contributed by atoms with Gasteiger partial charge in [0.25, 0.3) is 0 Å². The summed E-state index contributed by atoms with van der Waals surface area (Å²) >= 11 is 1.68. The number of thiazole rings is 1. The zero-order chi connectivity index (χ0) is 14.5. The Labute approximate surface area is 130 Å². The van der Waals surface area contributed by atoms with Crippen molar-refractivity contribution in [3.63, 3.8) is 0 Å². The van der Waals surface area contributed by atoms with Crippen LogP contribution >= 0.6 is 11.3 Å². The molecule has 1 aromatic carbocycles. The minimum Gasteiger partial charge on any atom is -0.508 e. The number of hydrogen-bond donors (Lipinski definition) is 1. The van der Waals surface area contributed by atoms with Crippen molar-refractivity contribution in [1.82, 2.24) is 9.88 Å². The summed E-state index contributed by atoms with van der Waals surface area (Å²) in [5, 5.41) is 11.7. The average molecular weight is 302 g/mol. The lowest BCUT2D eigenvalue weighted by atomic mass is 9.95. The molecule has 0 radical (unpaired) electrons. The van der Waals surface area contributed by atoms with Crippen LogP contribution in [0.15, 0.2) is 35.2 Å². The fraction of sp³-hybridized carbons (Fsp3) is 0.471. The van der Waals surface area contributed by atoms with E-state index in [-0.39, 0.29) is 0 Å². The largest absolute Gasteiger partial charge is 0.508 e. The molecule has 1 atom stereocenters. The van der Waals surface area contributed by atoms with Gasteiger partial charge in [0.1, 0.15) is 5.75 Å². The maximum absolute atomic E-state index is 9.56. The van der Waals surface area contributed by atoms with E-state index in [1.807, 2.05) is 17.6 Å². The first-order valence-electron chi connectivity index (χ1n) is 7.70. The van der Waals surface area contributed by atoms with Crippen molar-refractivity contribution in [2.24, 2.45) is 0 Å². The Morgan fingerprint density at radius 3 is 3.10 bits per heavy atom. The minimum absolute atomic E-state index is 0.371. The van der Waals surface area contributed by atoms with Gasteiger partial charge in [0, 0.05) is 18.0 Å². The van der Waals surface area contributed by atoms with Crippen LogP contribution in [0.3, 0.4) is 0 Å². The zero-order valence-electron chi connectivity index (χ0n) is 12.2. The number of aromatic hydroxyl groups is 1. The summed E-state index contributed by atoms with van der Waals surface area (Å²) in [5.41, 5.74) is 4.35. The SMILES string of the molecule is Oc1cccc(CC[C@@H]2CCCCN2Cc2cscn2)c1. The third kappa shape index (κ3) is 4.05. The molecule has 1 fully saturated rings. The standard InChI is InChI=1S/C17H22N2OS/c20-17-6-3-4-14(10-17)7-8-16-5-1-2-9-19(16)11-15-12-21-13-18-15/h3-4,6,10,12-13,16,20H,1-2,5,7-9,11H2/t16-/m0/s1. The molecule has 4 heteroatoms. The highest BCUT2D eigenvalue weighted by molar-refractivity contribution is 7.07. The molecule has 112 valence electrons. The number of likely N-dealkylation sites (tertiary alicyclic amines) is 1. The van der Waals surface area contributed by atoms with Gasteiger partial charge >= 0.3 is 0 Å². The molecule has 2 aromatic rings. The van der Waals surface area contributed by atoms with Crippen molar-refractivity contribution in [2.45, 2.75) is 44.7 Å². The van der Waals surface area contributed by atoms with Gasteiger partial charge in [-0.3, -0.25) is 4.90 Å². The van der Waals surface area contributed by atoms with E-state index in [0.29, 0.717) is 11.8 Å². The van der Waals surface area contributed by atoms with E-state index in [1.54, 1.807) is 17.4 Å². The summed E-state index contributed by atoms with van der Waals surface area (Å²) in [6.45, 7) is 2.16. The molecule has 0 bridgehead atoms. The van der Waals surface area contributed by atoms with Crippen LogP contribution in [-0.4, -0.2) is 27.6 Å². The Morgan fingerprint density at radius 1 is 1.33 bits per heavy atom. The number of phenols is 1. The number of nitrogens with zero attached hydrogens (tertiary/aromatic N) is 2. The minimum atomic E-state index is 0.371. The summed E-state index contributed by atoms with van der Waals surface area (Å²) in [5.74, 6) is 0.371. The molecule has 0 aliphatic carbocycles. The number of aryl methyl sites for hydroxylation is 1. The smallest absolute Gasteiger partial charge is 0.115 e. The molecule has 1 aromatic heterocycles. The number of aromatic nitrogens is 1. The highest BCUT2D eigenvalue weighted by atomic mass is 32.1. The predicted molar refractivity (Wildman–Crippen MR) is 86.6 cm³/mol. The van der Waals surface area contributed by atoms with E-state index in [1.165, 1.54) is 37.1 Å². The van der Waals surface area contributed by atoms with Crippen LogP contribution in [0.2, 0.25) is 0 Å². The first-order chi connectivity index (χ1) is 10.3. The summed E-state index contributed by atoms with van der Waals surface area (Å²) in [4.78, 5) is 7.00. The number of phenolic OH excluding ortho intramolecular Hbond substituents is 1. The summed E-state index contributed by atoms with van der Waals surface area (Å²) < 4.78 is 0. The highest BCUT2D eigenvalue weighted by Gasteiger charge is 2.22. The lowest BCUT2D eigenvalue weighted by Crippen LogP contribution is -2.39. The molecule has 0 saturated carbocycles. The Hall–Kier alpha value is -1.39. The first-order valence-corrected chi connectivity index (χ1v) is 8.64. The topological polar surface area (TPSA) is 36.4 Å². The second-order valence-corrected chi connectivity index (χ2v) is 6.53. The first kappa shape index (κ1) is 14.5. The molecule has 1 saturated heterocycles. The van der Waals surface area contributed by atoms with Crippen LogP contribution in [0.5, 0.6) is 5.75 Å². The second kappa shape index (κ2) is 7.05. The number of benzene rings is 1. The van der Waals surface area contributed by atoms with E-state index in [4.69, 9.17) is 0 Å². The number of hydrogen-bond acceptors (Lipinski definition) is 4. The molecule has 21 heavy (non-hydrogen) atoms. The van der Waals surface area contributed by atoms with Gasteiger partial charge in [-0.2, -0.15) is 0 Å². The van der Waals surface area contributed by atoms with Crippen LogP contribution < -0.4 is 0 Å². The van der Waals surface area contributed by atoms with Crippen molar-refractivity contribution in [3.05, 3.63) is 46.4 Å². The van der Waals surface area contributed by atoms with Crippen molar-refractivity contribution >= 4 is 11.3 Å². The molecule has 3 rings (SSSR count). The quantitative estimate of drug-likeness (QED) is 0.911.